The van der Waals surface area contributed by atoms with Crippen molar-refractivity contribution in [2.24, 2.45) is 34.0 Å². The Morgan fingerprint density at radius 1 is 0.810 bits per heavy atom. The van der Waals surface area contributed by atoms with Crippen LogP contribution in [0.1, 0.15) is 108 Å². The summed E-state index contributed by atoms with van der Waals surface area (Å²) in [6.07, 6.45) is 27.9. The zero-order chi connectivity index (χ0) is 31.3. The van der Waals surface area contributed by atoms with E-state index < -0.39 is 0 Å². The lowest BCUT2D eigenvalue weighted by atomic mass is 9.58. The Balaban J connectivity index is 1.93. The molecule has 0 spiro atoms. The second-order valence-corrected chi connectivity index (χ2v) is 15.1. The second-order valence-electron chi connectivity index (χ2n) is 15.1. The Morgan fingerprint density at radius 2 is 1.33 bits per heavy atom. The van der Waals surface area contributed by atoms with Gasteiger partial charge in [-0.2, -0.15) is 0 Å². The summed E-state index contributed by atoms with van der Waals surface area (Å²) in [5.41, 5.74) is 9.71. The number of aliphatic hydroxyl groups is 2. The standard InChI is InChI=1S/C40H60O2/c1-28(17-19-35-30(3)15-12-21-38(35,6)7)14-11-23-40(10)33(25-32(5)34(26-41)37(40)27-42)24-29(2)18-20-36-31(4)16-13-22-39(36,8)9/h11,14,17-20,23-25,33-34,37,41-42H,12-13,15-16,21-22,26-27H2,1-10H3/b19-17+,20-18+,23-11-,28-14+,29-24+/t33-,34+,37+,40+/m0/s1. The van der Waals surface area contributed by atoms with E-state index in [4.69, 9.17) is 0 Å². The van der Waals surface area contributed by atoms with Crippen LogP contribution in [0.5, 0.6) is 0 Å². The molecule has 0 heterocycles. The highest BCUT2D eigenvalue weighted by Gasteiger charge is 2.45. The van der Waals surface area contributed by atoms with Crippen molar-refractivity contribution < 1.29 is 10.2 Å². The molecule has 0 aromatic rings. The molecule has 0 unspecified atom stereocenters. The van der Waals surface area contributed by atoms with E-state index in [0.717, 1.165) is 0 Å². The third kappa shape index (κ3) is 7.86. The van der Waals surface area contributed by atoms with Crippen LogP contribution in [0.3, 0.4) is 0 Å². The number of aliphatic hydroxyl groups excluding tert-OH is 2. The van der Waals surface area contributed by atoms with Crippen LogP contribution in [0.15, 0.2) is 93.7 Å². The van der Waals surface area contributed by atoms with Gasteiger partial charge in [-0.05, 0) is 95.1 Å². The molecule has 0 saturated heterocycles. The molecule has 0 bridgehead atoms. The lowest BCUT2D eigenvalue weighted by Gasteiger charge is -2.47. The fourth-order valence-corrected chi connectivity index (χ4v) is 7.89. The molecule has 2 N–H and O–H groups in total. The summed E-state index contributed by atoms with van der Waals surface area (Å²) in [7, 11) is 0. The van der Waals surface area contributed by atoms with E-state index in [-0.39, 0.29) is 47.2 Å². The van der Waals surface area contributed by atoms with Crippen LogP contribution in [0.4, 0.5) is 0 Å². The summed E-state index contributed by atoms with van der Waals surface area (Å²) in [6.45, 7) is 22.8. The molecule has 0 aromatic heterocycles. The molecule has 4 atom stereocenters. The van der Waals surface area contributed by atoms with Crippen LogP contribution in [0.25, 0.3) is 0 Å². The first-order valence-corrected chi connectivity index (χ1v) is 16.4. The van der Waals surface area contributed by atoms with Crippen molar-refractivity contribution in [3.63, 3.8) is 0 Å². The zero-order valence-corrected chi connectivity index (χ0v) is 28.5. The van der Waals surface area contributed by atoms with Gasteiger partial charge in [-0.15, -0.1) is 0 Å². The van der Waals surface area contributed by atoms with Gasteiger partial charge < -0.3 is 10.2 Å². The second kappa shape index (κ2) is 14.1. The van der Waals surface area contributed by atoms with Crippen LogP contribution in [-0.2, 0) is 0 Å². The van der Waals surface area contributed by atoms with Crippen molar-refractivity contribution in [3.8, 4) is 0 Å². The van der Waals surface area contributed by atoms with Gasteiger partial charge in [0.1, 0.15) is 0 Å². The molecule has 0 fully saturated rings. The van der Waals surface area contributed by atoms with Gasteiger partial charge >= 0.3 is 0 Å². The highest BCUT2D eigenvalue weighted by molar-refractivity contribution is 5.39. The van der Waals surface area contributed by atoms with E-state index in [0.29, 0.717) is 0 Å². The van der Waals surface area contributed by atoms with Gasteiger partial charge in [-0.25, -0.2) is 0 Å². The summed E-state index contributed by atoms with van der Waals surface area (Å²) in [4.78, 5) is 0. The maximum absolute atomic E-state index is 10.6. The molecule has 2 nitrogen and oxygen atoms in total. The molecule has 232 valence electrons. The van der Waals surface area contributed by atoms with Gasteiger partial charge in [0.2, 0.25) is 0 Å². The van der Waals surface area contributed by atoms with E-state index in [1.165, 1.54) is 77.5 Å². The van der Waals surface area contributed by atoms with E-state index in [1.54, 1.807) is 0 Å². The summed E-state index contributed by atoms with van der Waals surface area (Å²) >= 11 is 0. The Hall–Kier alpha value is -2.16. The van der Waals surface area contributed by atoms with Gasteiger partial charge in [0.15, 0.2) is 0 Å². The Bertz CT molecular complexity index is 1220. The van der Waals surface area contributed by atoms with Crippen LogP contribution in [0.2, 0.25) is 0 Å². The van der Waals surface area contributed by atoms with Gasteiger partial charge in [0, 0.05) is 36.4 Å². The molecule has 42 heavy (non-hydrogen) atoms. The average Bonchev–Trinajstić information content (AvgIpc) is 2.89. The molecular formula is C40H60O2. The number of allylic oxidation sites excluding steroid dienone is 15. The fourth-order valence-electron chi connectivity index (χ4n) is 7.89. The Kier molecular flexibility index (Phi) is 11.5. The molecule has 3 aliphatic rings. The average molecular weight is 573 g/mol. The lowest BCUT2D eigenvalue weighted by molar-refractivity contribution is 0.0443. The highest BCUT2D eigenvalue weighted by atomic mass is 16.3. The molecule has 0 amide bonds. The van der Waals surface area contributed by atoms with Crippen LogP contribution >= 0.6 is 0 Å². The molecular weight excluding hydrogens is 512 g/mol. The summed E-state index contributed by atoms with van der Waals surface area (Å²) in [6, 6.07) is 0. The number of hydrogen-bond acceptors (Lipinski definition) is 2. The van der Waals surface area contributed by atoms with E-state index in [2.05, 4.69) is 124 Å². The van der Waals surface area contributed by atoms with Crippen molar-refractivity contribution in [3.05, 3.63) is 93.7 Å². The number of rotatable bonds is 9. The smallest absolute Gasteiger partial charge is 0.0500 e. The molecule has 3 aliphatic carbocycles. The fraction of sp³-hybridized carbons (Fsp3) is 0.600. The van der Waals surface area contributed by atoms with Gasteiger partial charge in [0.25, 0.3) is 0 Å². The monoisotopic (exact) mass is 572 g/mol. The summed E-state index contributed by atoms with van der Waals surface area (Å²) in [5.74, 6) is 0.00592. The van der Waals surface area contributed by atoms with Crippen molar-refractivity contribution >= 4 is 0 Å². The molecule has 3 rings (SSSR count). The zero-order valence-electron chi connectivity index (χ0n) is 28.5. The lowest BCUT2D eigenvalue weighted by Crippen LogP contribution is -2.44. The topological polar surface area (TPSA) is 40.5 Å². The Labute approximate surface area is 258 Å². The number of hydrogen-bond donors (Lipinski definition) is 2. The van der Waals surface area contributed by atoms with E-state index >= 15 is 0 Å². The summed E-state index contributed by atoms with van der Waals surface area (Å²) in [5, 5.41) is 20.9. The molecule has 2 heteroatoms. The van der Waals surface area contributed by atoms with Crippen LogP contribution in [-0.4, -0.2) is 23.4 Å². The molecule has 0 aliphatic heterocycles. The van der Waals surface area contributed by atoms with Crippen molar-refractivity contribution in [2.45, 2.75) is 108 Å². The summed E-state index contributed by atoms with van der Waals surface area (Å²) < 4.78 is 0. The largest absolute Gasteiger partial charge is 0.396 e. The normalized spacial score (nSPS) is 31.1. The van der Waals surface area contributed by atoms with E-state index in [9.17, 15) is 10.2 Å². The first-order chi connectivity index (χ1) is 19.7. The molecule has 0 aromatic carbocycles. The quantitative estimate of drug-likeness (QED) is 0.213. The minimum Gasteiger partial charge on any atom is -0.396 e. The first-order valence-electron chi connectivity index (χ1n) is 16.4. The third-order valence-electron chi connectivity index (χ3n) is 10.8. The van der Waals surface area contributed by atoms with Gasteiger partial charge in [-0.1, -0.05) is 117 Å². The van der Waals surface area contributed by atoms with Gasteiger partial charge in [0.05, 0.1) is 0 Å². The predicted molar refractivity (Wildman–Crippen MR) is 182 cm³/mol. The van der Waals surface area contributed by atoms with Crippen molar-refractivity contribution in [2.75, 3.05) is 13.2 Å². The SMILES string of the molecule is CC1=C[C@H](/C=C(C)/C=C/C2=C(C)CCCC2(C)C)[C@@](C)(\C=C/C=C(C)/C=C/C2=C(C)CCCC2(C)C)[C@H](CO)[C@@H]1CO. The minimum atomic E-state index is -0.332. The van der Waals surface area contributed by atoms with Gasteiger partial charge in [-0.3, -0.25) is 0 Å². The van der Waals surface area contributed by atoms with Crippen molar-refractivity contribution in [1.82, 2.24) is 0 Å². The maximum atomic E-state index is 10.6. The Morgan fingerprint density at radius 3 is 1.81 bits per heavy atom. The first kappa shape index (κ1) is 34.3. The predicted octanol–water partition coefficient (Wildman–Crippen LogP) is 10.4. The molecule has 0 radical (unpaired) electrons. The van der Waals surface area contributed by atoms with Crippen LogP contribution < -0.4 is 0 Å². The minimum absolute atomic E-state index is 0.0435. The highest BCUT2D eigenvalue weighted by Crippen LogP contribution is 2.49. The van der Waals surface area contributed by atoms with Crippen molar-refractivity contribution in [1.29, 1.82) is 0 Å². The van der Waals surface area contributed by atoms with Crippen LogP contribution in [0, 0.1) is 34.0 Å². The maximum Gasteiger partial charge on any atom is 0.0500 e. The van der Waals surface area contributed by atoms with E-state index in [1.807, 2.05) is 0 Å². The molecule has 0 saturated carbocycles. The third-order valence-corrected chi connectivity index (χ3v) is 10.8.